The van der Waals surface area contributed by atoms with E-state index in [0.717, 1.165) is 57.1 Å². The molecule has 0 spiro atoms. The van der Waals surface area contributed by atoms with Crippen LogP contribution in [0.15, 0.2) is 59.8 Å². The van der Waals surface area contributed by atoms with E-state index in [0.29, 0.717) is 11.1 Å². The molecule has 0 bridgehead atoms. The number of hydrogen-bond donors (Lipinski definition) is 2. The van der Waals surface area contributed by atoms with Crippen molar-refractivity contribution in [3.8, 4) is 0 Å². The first kappa shape index (κ1) is 21.8. The highest BCUT2D eigenvalue weighted by molar-refractivity contribution is 7.99. The molecule has 172 valence electrons. The lowest BCUT2D eigenvalue weighted by atomic mass is 10.2. The average Bonchev–Trinajstić information content (AvgIpc) is 3.62. The number of carbonyl (C=O) groups excluding carboxylic acids is 1. The zero-order chi connectivity index (χ0) is 22.6. The van der Waals surface area contributed by atoms with Gasteiger partial charge in [-0.1, -0.05) is 42.1 Å². The fraction of sp³-hybridized carbons (Fsp3) is 0.375. The summed E-state index contributed by atoms with van der Waals surface area (Å²) in [6.07, 6.45) is 2.22. The lowest BCUT2D eigenvalue weighted by Gasteiger charge is -2.36. The Kier molecular flexibility index (Phi) is 6.50. The number of hydrogen-bond acceptors (Lipinski definition) is 7. The van der Waals surface area contributed by atoms with E-state index in [4.69, 9.17) is 5.84 Å². The maximum atomic E-state index is 12.4. The SMILES string of the molecule is Nn1c(SCC(=O)Nc2ccc(N3CCN(Cc4ccccc4)CC3)cc2)nnc1C1CC1. The van der Waals surface area contributed by atoms with Crippen molar-refractivity contribution >= 4 is 29.0 Å². The molecule has 33 heavy (non-hydrogen) atoms. The van der Waals surface area contributed by atoms with E-state index in [1.165, 1.54) is 27.7 Å². The Morgan fingerprint density at radius 3 is 2.42 bits per heavy atom. The summed E-state index contributed by atoms with van der Waals surface area (Å²) in [7, 11) is 0. The quantitative estimate of drug-likeness (QED) is 0.392. The summed E-state index contributed by atoms with van der Waals surface area (Å²) >= 11 is 1.31. The first-order valence-electron chi connectivity index (χ1n) is 11.4. The number of nitrogen functional groups attached to an aromatic ring is 1. The second kappa shape index (κ2) is 9.84. The van der Waals surface area contributed by atoms with E-state index in [-0.39, 0.29) is 11.7 Å². The van der Waals surface area contributed by atoms with Crippen LogP contribution in [-0.4, -0.2) is 57.6 Å². The first-order valence-corrected chi connectivity index (χ1v) is 12.4. The van der Waals surface area contributed by atoms with Gasteiger partial charge < -0.3 is 16.1 Å². The molecule has 9 heteroatoms. The molecule has 5 rings (SSSR count). The number of piperazine rings is 1. The molecule has 1 saturated carbocycles. The van der Waals surface area contributed by atoms with Crippen LogP contribution >= 0.6 is 11.8 Å². The topological polar surface area (TPSA) is 92.3 Å². The Hall–Kier alpha value is -3.04. The minimum absolute atomic E-state index is 0.0850. The van der Waals surface area contributed by atoms with Gasteiger partial charge in [0.2, 0.25) is 11.1 Å². The molecule has 8 nitrogen and oxygen atoms in total. The van der Waals surface area contributed by atoms with Crippen LogP contribution in [-0.2, 0) is 11.3 Å². The number of nitrogens with two attached hydrogens (primary N) is 1. The number of thioether (sulfide) groups is 1. The van der Waals surface area contributed by atoms with Crippen molar-refractivity contribution in [1.29, 1.82) is 0 Å². The van der Waals surface area contributed by atoms with Crippen LogP contribution in [0.25, 0.3) is 0 Å². The molecular weight excluding hydrogens is 434 g/mol. The zero-order valence-corrected chi connectivity index (χ0v) is 19.4. The Labute approximate surface area is 198 Å². The third kappa shape index (κ3) is 5.48. The zero-order valence-electron chi connectivity index (χ0n) is 18.6. The van der Waals surface area contributed by atoms with Crippen molar-refractivity contribution in [1.82, 2.24) is 19.8 Å². The lowest BCUT2D eigenvalue weighted by Crippen LogP contribution is -2.45. The smallest absolute Gasteiger partial charge is 0.234 e. The number of nitrogens with zero attached hydrogens (tertiary/aromatic N) is 5. The molecule has 0 radical (unpaired) electrons. The molecule has 1 saturated heterocycles. The van der Waals surface area contributed by atoms with Crippen LogP contribution in [0.1, 0.15) is 30.1 Å². The molecule has 1 amide bonds. The fourth-order valence-corrected chi connectivity index (χ4v) is 4.76. The van der Waals surface area contributed by atoms with Crippen molar-refractivity contribution in [2.45, 2.75) is 30.5 Å². The van der Waals surface area contributed by atoms with E-state index in [1.54, 1.807) is 0 Å². The van der Waals surface area contributed by atoms with Gasteiger partial charge in [-0.2, -0.15) is 0 Å². The molecule has 0 unspecified atom stereocenters. The Morgan fingerprint density at radius 2 is 1.73 bits per heavy atom. The van der Waals surface area contributed by atoms with Gasteiger partial charge in [-0.15, -0.1) is 10.2 Å². The highest BCUT2D eigenvalue weighted by Crippen LogP contribution is 2.39. The first-order chi connectivity index (χ1) is 16.2. The van der Waals surface area contributed by atoms with Crippen molar-refractivity contribution in [2.75, 3.05) is 48.0 Å². The highest BCUT2D eigenvalue weighted by Gasteiger charge is 2.30. The maximum absolute atomic E-state index is 12.4. The number of nitrogens with one attached hydrogen (secondary N) is 1. The van der Waals surface area contributed by atoms with E-state index in [9.17, 15) is 4.79 Å². The predicted molar refractivity (Wildman–Crippen MR) is 132 cm³/mol. The van der Waals surface area contributed by atoms with Crippen LogP contribution in [0.3, 0.4) is 0 Å². The molecule has 3 aromatic rings. The minimum Gasteiger partial charge on any atom is -0.369 e. The van der Waals surface area contributed by atoms with Crippen LogP contribution in [0.4, 0.5) is 11.4 Å². The van der Waals surface area contributed by atoms with Crippen LogP contribution < -0.4 is 16.1 Å². The number of benzene rings is 2. The third-order valence-corrected chi connectivity index (χ3v) is 7.05. The molecule has 2 heterocycles. The van der Waals surface area contributed by atoms with Crippen LogP contribution in [0, 0.1) is 0 Å². The van der Waals surface area contributed by atoms with Gasteiger partial charge in [0.15, 0.2) is 5.82 Å². The van der Waals surface area contributed by atoms with E-state index in [2.05, 4.69) is 67.8 Å². The largest absolute Gasteiger partial charge is 0.369 e. The maximum Gasteiger partial charge on any atom is 0.234 e. The molecule has 1 aromatic heterocycles. The minimum atomic E-state index is -0.0850. The van der Waals surface area contributed by atoms with Gasteiger partial charge >= 0.3 is 0 Å². The third-order valence-electron chi connectivity index (χ3n) is 6.10. The molecule has 2 aromatic carbocycles. The van der Waals surface area contributed by atoms with Gasteiger partial charge in [-0.3, -0.25) is 9.69 Å². The molecule has 2 aliphatic rings. The van der Waals surface area contributed by atoms with Gasteiger partial charge in [0.25, 0.3) is 0 Å². The summed E-state index contributed by atoms with van der Waals surface area (Å²) in [6, 6.07) is 18.7. The van der Waals surface area contributed by atoms with Gasteiger partial charge in [-0.05, 0) is 42.7 Å². The summed E-state index contributed by atoms with van der Waals surface area (Å²) in [4.78, 5) is 17.3. The van der Waals surface area contributed by atoms with Gasteiger partial charge in [0.05, 0.1) is 5.75 Å². The summed E-state index contributed by atoms with van der Waals surface area (Å²) < 4.78 is 1.52. The predicted octanol–water partition coefficient (Wildman–Crippen LogP) is 2.92. The second-order valence-electron chi connectivity index (χ2n) is 8.62. The Morgan fingerprint density at radius 1 is 1.00 bits per heavy atom. The normalized spacial score (nSPS) is 16.7. The summed E-state index contributed by atoms with van der Waals surface area (Å²) in [5.41, 5.74) is 3.34. The number of aromatic nitrogens is 3. The van der Waals surface area contributed by atoms with E-state index in [1.807, 2.05) is 12.1 Å². The standard InChI is InChI=1S/C24H29N7OS/c25-31-23(19-6-7-19)27-28-24(31)33-17-22(32)26-20-8-10-21(11-9-20)30-14-12-29(13-15-30)16-18-4-2-1-3-5-18/h1-5,8-11,19H,6-7,12-17,25H2,(H,26,32). The Bertz CT molecular complexity index is 1070. The van der Waals surface area contributed by atoms with E-state index < -0.39 is 0 Å². The van der Waals surface area contributed by atoms with Crippen LogP contribution in [0.5, 0.6) is 0 Å². The van der Waals surface area contributed by atoms with Gasteiger partial charge in [0, 0.05) is 50.0 Å². The second-order valence-corrected chi connectivity index (χ2v) is 9.56. The lowest BCUT2D eigenvalue weighted by molar-refractivity contribution is -0.113. The monoisotopic (exact) mass is 463 g/mol. The molecule has 2 fully saturated rings. The molecule has 0 atom stereocenters. The molecular formula is C24H29N7OS. The number of anilines is 2. The molecule has 1 aliphatic carbocycles. The van der Waals surface area contributed by atoms with Gasteiger partial charge in [-0.25, -0.2) is 4.68 Å². The summed E-state index contributed by atoms with van der Waals surface area (Å²) in [6.45, 7) is 5.08. The number of rotatable bonds is 8. The average molecular weight is 464 g/mol. The summed E-state index contributed by atoms with van der Waals surface area (Å²) in [5.74, 6) is 7.45. The van der Waals surface area contributed by atoms with Crippen molar-refractivity contribution in [3.05, 3.63) is 66.0 Å². The molecule has 1 aliphatic heterocycles. The Balaban J connectivity index is 1.08. The van der Waals surface area contributed by atoms with Crippen molar-refractivity contribution in [3.63, 3.8) is 0 Å². The highest BCUT2D eigenvalue weighted by atomic mass is 32.2. The van der Waals surface area contributed by atoms with Gasteiger partial charge in [0.1, 0.15) is 0 Å². The number of amides is 1. The summed E-state index contributed by atoms with van der Waals surface area (Å²) in [5, 5.41) is 11.8. The molecule has 3 N–H and O–H groups in total. The van der Waals surface area contributed by atoms with E-state index >= 15 is 0 Å². The van der Waals surface area contributed by atoms with Crippen molar-refractivity contribution < 1.29 is 4.79 Å². The fourth-order valence-electron chi connectivity index (χ4n) is 4.10. The number of carbonyl (C=O) groups is 1. The van der Waals surface area contributed by atoms with Crippen molar-refractivity contribution in [2.24, 2.45) is 0 Å². The van der Waals surface area contributed by atoms with Crippen LogP contribution in [0.2, 0.25) is 0 Å².